The first-order chi connectivity index (χ1) is 10.1. The summed E-state index contributed by atoms with van der Waals surface area (Å²) in [7, 11) is 0. The van der Waals surface area contributed by atoms with Gasteiger partial charge in [0.15, 0.2) is 0 Å². The zero-order valence-corrected chi connectivity index (χ0v) is 14.4. The van der Waals surface area contributed by atoms with Crippen LogP contribution in [0.15, 0.2) is 12.1 Å². The van der Waals surface area contributed by atoms with Gasteiger partial charge in [0.2, 0.25) is 5.91 Å². The van der Waals surface area contributed by atoms with Crippen molar-refractivity contribution < 1.29 is 4.79 Å². The Kier molecular flexibility index (Phi) is 5.51. The molecule has 0 spiro atoms. The van der Waals surface area contributed by atoms with Crippen LogP contribution in [0.3, 0.4) is 0 Å². The van der Waals surface area contributed by atoms with E-state index in [9.17, 15) is 4.79 Å². The van der Waals surface area contributed by atoms with E-state index >= 15 is 0 Å². The lowest BCUT2D eigenvalue weighted by Gasteiger charge is -2.34. The van der Waals surface area contributed by atoms with E-state index in [0.717, 1.165) is 44.3 Å². The third kappa shape index (κ3) is 3.02. The molecule has 122 valence electrons. The third-order valence-electron chi connectivity index (χ3n) is 5.24. The van der Waals surface area contributed by atoms with Crippen LogP contribution in [0.4, 0.5) is 5.69 Å². The van der Waals surface area contributed by atoms with Crippen LogP contribution in [0, 0.1) is 25.7 Å². The number of carbonyl (C=O) groups excluding carboxylic acids is 1. The third-order valence-corrected chi connectivity index (χ3v) is 5.24. The van der Waals surface area contributed by atoms with Gasteiger partial charge in [-0.05, 0) is 74.8 Å². The first-order valence-corrected chi connectivity index (χ1v) is 8.23. The molecular weight excluding hydrogens is 296 g/mol. The summed E-state index contributed by atoms with van der Waals surface area (Å²) in [6.45, 7) is 5.79. The number of nitrogens with two attached hydrogens (primary N) is 1. The second-order valence-electron chi connectivity index (χ2n) is 6.71. The van der Waals surface area contributed by atoms with Crippen LogP contribution in [0.1, 0.15) is 42.4 Å². The van der Waals surface area contributed by atoms with Crippen molar-refractivity contribution in [2.45, 2.75) is 46.0 Å². The van der Waals surface area contributed by atoms with Crippen LogP contribution in [0.25, 0.3) is 0 Å². The molecule has 4 heteroatoms. The van der Waals surface area contributed by atoms with Crippen LogP contribution < -0.4 is 10.6 Å². The Labute approximate surface area is 139 Å². The normalized spacial score (nSPS) is 23.9. The van der Waals surface area contributed by atoms with Gasteiger partial charge >= 0.3 is 0 Å². The maximum absolute atomic E-state index is 13.0. The average molecular weight is 323 g/mol. The molecular formula is C18H27ClN2O. The van der Waals surface area contributed by atoms with Gasteiger partial charge in [0.05, 0.1) is 0 Å². The molecule has 1 aromatic rings. The summed E-state index contributed by atoms with van der Waals surface area (Å²) in [6, 6.07) is 4.41. The van der Waals surface area contributed by atoms with Crippen molar-refractivity contribution in [3.05, 3.63) is 28.8 Å². The Balaban J connectivity index is 0.00000176. The highest BCUT2D eigenvalue weighted by Gasteiger charge is 2.36. The second-order valence-corrected chi connectivity index (χ2v) is 6.71. The quantitative estimate of drug-likeness (QED) is 0.907. The number of nitrogens with zero attached hydrogens (tertiary/aromatic N) is 1. The minimum atomic E-state index is 0. The second kappa shape index (κ2) is 7.01. The van der Waals surface area contributed by atoms with E-state index in [4.69, 9.17) is 5.73 Å². The zero-order valence-electron chi connectivity index (χ0n) is 13.6. The van der Waals surface area contributed by atoms with E-state index < -0.39 is 0 Å². The van der Waals surface area contributed by atoms with Crippen molar-refractivity contribution in [3.8, 4) is 0 Å². The molecule has 3 nitrogen and oxygen atoms in total. The Morgan fingerprint density at radius 2 is 2.05 bits per heavy atom. The first kappa shape index (κ1) is 17.3. The molecule has 2 aliphatic rings. The maximum Gasteiger partial charge on any atom is 0.230 e. The average Bonchev–Trinajstić information content (AvgIpc) is 2.94. The predicted molar refractivity (Wildman–Crippen MR) is 93.7 cm³/mol. The van der Waals surface area contributed by atoms with Gasteiger partial charge in [0.25, 0.3) is 0 Å². The maximum atomic E-state index is 13.0. The minimum absolute atomic E-state index is 0. The fourth-order valence-electron chi connectivity index (χ4n) is 4.15. The Morgan fingerprint density at radius 3 is 2.77 bits per heavy atom. The molecule has 0 radical (unpaired) electrons. The van der Waals surface area contributed by atoms with E-state index in [1.165, 1.54) is 16.7 Å². The zero-order chi connectivity index (χ0) is 15.0. The number of rotatable bonds is 2. The molecule has 3 rings (SSSR count). The van der Waals surface area contributed by atoms with Crippen molar-refractivity contribution in [3.63, 3.8) is 0 Å². The van der Waals surface area contributed by atoms with Crippen LogP contribution in [0.5, 0.6) is 0 Å². The smallest absolute Gasteiger partial charge is 0.230 e. The number of benzene rings is 1. The topological polar surface area (TPSA) is 46.3 Å². The van der Waals surface area contributed by atoms with Crippen LogP contribution >= 0.6 is 12.4 Å². The molecule has 22 heavy (non-hydrogen) atoms. The molecule has 1 fully saturated rings. The van der Waals surface area contributed by atoms with E-state index in [-0.39, 0.29) is 18.3 Å². The van der Waals surface area contributed by atoms with Crippen LogP contribution in [0.2, 0.25) is 0 Å². The van der Waals surface area contributed by atoms with Crippen LogP contribution in [-0.2, 0) is 11.2 Å². The van der Waals surface area contributed by atoms with E-state index in [1.54, 1.807) is 0 Å². The molecule has 2 N–H and O–H groups in total. The van der Waals surface area contributed by atoms with Gasteiger partial charge in [-0.1, -0.05) is 12.5 Å². The van der Waals surface area contributed by atoms with E-state index in [2.05, 4.69) is 30.9 Å². The van der Waals surface area contributed by atoms with Gasteiger partial charge in [-0.2, -0.15) is 0 Å². The van der Waals surface area contributed by atoms with Crippen LogP contribution in [-0.4, -0.2) is 19.0 Å². The standard InChI is InChI=1S/C18H26N2O.ClH/c1-12-9-13(2)15-7-4-8-20(17(15)10-12)18(21)16-6-3-5-14(16)11-19;/h9-10,14,16H,3-8,11,19H2,1-2H3;1H/t14-,16-;/m1./s1. The molecule has 1 aromatic carbocycles. The van der Waals surface area contributed by atoms with Crippen molar-refractivity contribution in [1.29, 1.82) is 0 Å². The molecule has 1 aliphatic heterocycles. The fourth-order valence-corrected chi connectivity index (χ4v) is 4.15. The summed E-state index contributed by atoms with van der Waals surface area (Å²) >= 11 is 0. The number of hydrogen-bond acceptors (Lipinski definition) is 2. The molecule has 0 bridgehead atoms. The van der Waals surface area contributed by atoms with Gasteiger partial charge in [0.1, 0.15) is 0 Å². The van der Waals surface area contributed by atoms with Gasteiger partial charge in [0, 0.05) is 18.2 Å². The van der Waals surface area contributed by atoms with Gasteiger partial charge in [-0.15, -0.1) is 12.4 Å². The summed E-state index contributed by atoms with van der Waals surface area (Å²) in [5.74, 6) is 0.837. The molecule has 2 atom stereocenters. The van der Waals surface area contributed by atoms with Crippen molar-refractivity contribution >= 4 is 24.0 Å². The summed E-state index contributed by atoms with van der Waals surface area (Å²) < 4.78 is 0. The van der Waals surface area contributed by atoms with Crippen molar-refractivity contribution in [2.75, 3.05) is 18.0 Å². The Bertz CT molecular complexity index is 558. The lowest BCUT2D eigenvalue weighted by molar-refractivity contribution is -0.123. The molecule has 1 heterocycles. The highest BCUT2D eigenvalue weighted by atomic mass is 35.5. The monoisotopic (exact) mass is 322 g/mol. The Hall–Kier alpha value is -1.06. The lowest BCUT2D eigenvalue weighted by Crippen LogP contribution is -2.42. The molecule has 1 aliphatic carbocycles. The van der Waals surface area contributed by atoms with Crippen molar-refractivity contribution in [2.24, 2.45) is 17.6 Å². The predicted octanol–water partition coefficient (Wildman–Crippen LogP) is 3.38. The lowest BCUT2D eigenvalue weighted by atomic mass is 9.91. The summed E-state index contributed by atoms with van der Waals surface area (Å²) in [6.07, 6.45) is 5.43. The molecule has 0 aromatic heterocycles. The molecule has 0 unspecified atom stereocenters. The summed E-state index contributed by atoms with van der Waals surface area (Å²) in [5, 5.41) is 0. The van der Waals surface area contributed by atoms with E-state index in [0.29, 0.717) is 18.4 Å². The highest BCUT2D eigenvalue weighted by molar-refractivity contribution is 5.96. The minimum Gasteiger partial charge on any atom is -0.330 e. The number of aryl methyl sites for hydroxylation is 2. The summed E-state index contributed by atoms with van der Waals surface area (Å²) in [4.78, 5) is 15.1. The number of anilines is 1. The molecule has 0 saturated heterocycles. The number of carbonyl (C=O) groups is 1. The molecule has 1 amide bonds. The van der Waals surface area contributed by atoms with E-state index in [1.807, 2.05) is 0 Å². The number of hydrogen-bond donors (Lipinski definition) is 1. The summed E-state index contributed by atoms with van der Waals surface area (Å²) in [5.41, 5.74) is 11.0. The van der Waals surface area contributed by atoms with Gasteiger partial charge in [-0.25, -0.2) is 0 Å². The number of fused-ring (bicyclic) bond motifs is 1. The van der Waals surface area contributed by atoms with Gasteiger partial charge < -0.3 is 10.6 Å². The Morgan fingerprint density at radius 1 is 1.27 bits per heavy atom. The number of halogens is 1. The van der Waals surface area contributed by atoms with Gasteiger partial charge in [-0.3, -0.25) is 4.79 Å². The fraction of sp³-hybridized carbons (Fsp3) is 0.611. The largest absolute Gasteiger partial charge is 0.330 e. The van der Waals surface area contributed by atoms with Crippen molar-refractivity contribution in [1.82, 2.24) is 0 Å². The number of amides is 1. The SMILES string of the molecule is Cc1cc(C)c2c(c1)N(C(=O)[C@@H]1CCC[C@@H]1CN)CCC2.Cl. The highest BCUT2D eigenvalue weighted by Crippen LogP contribution is 2.37. The first-order valence-electron chi connectivity index (χ1n) is 8.23. The molecule has 1 saturated carbocycles.